The summed E-state index contributed by atoms with van der Waals surface area (Å²) in [4.78, 5) is 46.9. The van der Waals surface area contributed by atoms with Crippen molar-refractivity contribution in [1.82, 2.24) is 24.3 Å². The van der Waals surface area contributed by atoms with Gasteiger partial charge in [-0.2, -0.15) is 4.72 Å². The van der Waals surface area contributed by atoms with Crippen molar-refractivity contribution in [3.8, 4) is 0 Å². The van der Waals surface area contributed by atoms with Crippen molar-refractivity contribution in [1.29, 1.82) is 0 Å². The van der Waals surface area contributed by atoms with E-state index in [1.165, 1.54) is 11.0 Å². The van der Waals surface area contributed by atoms with Crippen LogP contribution in [0.25, 0.3) is 10.8 Å². The monoisotopic (exact) mass is 647 g/mol. The molecule has 11 nitrogen and oxygen atoms in total. The molecule has 13 heteroatoms. The zero-order chi connectivity index (χ0) is 31.4. The maximum absolute atomic E-state index is 13.5. The van der Waals surface area contributed by atoms with Crippen LogP contribution in [0.15, 0.2) is 41.3 Å². The summed E-state index contributed by atoms with van der Waals surface area (Å²) in [5.41, 5.74) is 0. The van der Waals surface area contributed by atoms with Gasteiger partial charge in [-0.15, -0.1) is 0 Å². The summed E-state index contributed by atoms with van der Waals surface area (Å²) in [5.74, 6) is -0.411. The van der Waals surface area contributed by atoms with Gasteiger partial charge in [-0.25, -0.2) is 8.42 Å². The molecule has 5 rings (SSSR count). The molecule has 0 aromatic heterocycles. The predicted octanol–water partition coefficient (Wildman–Crippen LogP) is 2.32. The van der Waals surface area contributed by atoms with Gasteiger partial charge in [0.2, 0.25) is 27.7 Å². The Bertz CT molecular complexity index is 1490. The highest BCUT2D eigenvalue weighted by Crippen LogP contribution is 2.25. The van der Waals surface area contributed by atoms with E-state index >= 15 is 0 Å². The number of carbonyl (C=O) groups is 3. The largest absolute Gasteiger partial charge is 0.384 e. The maximum Gasteiger partial charge on any atom is 0.242 e. The Morgan fingerprint density at radius 2 is 1.80 bits per heavy atom. The number of halogens is 1. The number of likely N-dealkylation sites (N-methyl/N-ethyl adjacent to an activating group) is 1. The molecule has 3 heterocycles. The van der Waals surface area contributed by atoms with Gasteiger partial charge in [0.15, 0.2) is 0 Å². The molecule has 0 saturated carbocycles. The number of amides is 3. The minimum atomic E-state index is -3.97. The Kier molecular flexibility index (Phi) is 10.5. The minimum Gasteiger partial charge on any atom is -0.384 e. The van der Waals surface area contributed by atoms with Crippen LogP contribution in [-0.4, -0.2) is 124 Å². The van der Waals surface area contributed by atoms with E-state index in [2.05, 4.69) is 9.62 Å². The molecule has 3 aliphatic rings. The third kappa shape index (κ3) is 7.54. The number of fused-ring (bicyclic) bond motifs is 1. The number of nitrogens with one attached hydrogen (secondary N) is 1. The summed E-state index contributed by atoms with van der Waals surface area (Å²) in [5, 5.41) is 2.11. The molecule has 1 N–H and O–H groups in total. The fourth-order valence-electron chi connectivity index (χ4n) is 6.59. The lowest BCUT2D eigenvalue weighted by atomic mass is 10.1. The summed E-state index contributed by atoms with van der Waals surface area (Å²) in [7, 11) is -0.533. The lowest BCUT2D eigenvalue weighted by molar-refractivity contribution is -0.143. The maximum atomic E-state index is 13.5. The quantitative estimate of drug-likeness (QED) is 0.398. The molecule has 3 atom stereocenters. The Hall–Kier alpha value is -2.77. The van der Waals surface area contributed by atoms with Gasteiger partial charge in [0.1, 0.15) is 6.04 Å². The highest BCUT2D eigenvalue weighted by molar-refractivity contribution is 7.89. The zero-order valence-corrected chi connectivity index (χ0v) is 27.0. The van der Waals surface area contributed by atoms with E-state index in [9.17, 15) is 22.8 Å². The summed E-state index contributed by atoms with van der Waals surface area (Å²) >= 11 is 6.05. The number of hydrogen-bond donors (Lipinski definition) is 1. The Balaban J connectivity index is 1.15. The van der Waals surface area contributed by atoms with Crippen LogP contribution < -0.4 is 4.72 Å². The molecular formula is C31H42ClN5O6S. The molecule has 240 valence electrons. The van der Waals surface area contributed by atoms with Crippen LogP contribution in [0.1, 0.15) is 38.5 Å². The second kappa shape index (κ2) is 14.1. The molecular weight excluding hydrogens is 606 g/mol. The van der Waals surface area contributed by atoms with Gasteiger partial charge in [0.05, 0.1) is 24.5 Å². The third-order valence-corrected chi connectivity index (χ3v) is 10.8. The number of carbonyl (C=O) groups excluding carboxylic acids is 3. The molecule has 3 amide bonds. The van der Waals surface area contributed by atoms with Crippen LogP contribution in [0.5, 0.6) is 0 Å². The number of sulfonamides is 1. The van der Waals surface area contributed by atoms with E-state index in [0.29, 0.717) is 44.0 Å². The number of nitrogens with zero attached hydrogens (tertiary/aromatic N) is 4. The zero-order valence-electron chi connectivity index (χ0n) is 25.4. The van der Waals surface area contributed by atoms with Crippen molar-refractivity contribution in [3.63, 3.8) is 0 Å². The number of methoxy groups -OCH3 is 1. The number of rotatable bonds is 11. The Labute approximate surface area is 264 Å². The molecule has 3 saturated heterocycles. The number of likely N-dealkylation sites (tertiary alicyclic amines) is 3. The average molecular weight is 648 g/mol. The van der Waals surface area contributed by atoms with E-state index in [-0.39, 0.29) is 41.2 Å². The van der Waals surface area contributed by atoms with Crippen molar-refractivity contribution >= 4 is 50.1 Å². The highest BCUT2D eigenvalue weighted by atomic mass is 35.5. The number of piperidine rings is 1. The Morgan fingerprint density at radius 3 is 2.59 bits per heavy atom. The van der Waals surface area contributed by atoms with Gasteiger partial charge in [-0.1, -0.05) is 23.7 Å². The lowest BCUT2D eigenvalue weighted by Gasteiger charge is -2.35. The van der Waals surface area contributed by atoms with Crippen LogP contribution >= 0.6 is 11.6 Å². The Morgan fingerprint density at radius 1 is 1.05 bits per heavy atom. The van der Waals surface area contributed by atoms with E-state index < -0.39 is 16.1 Å². The van der Waals surface area contributed by atoms with Crippen molar-refractivity contribution in [2.75, 3.05) is 60.0 Å². The second-order valence-corrected chi connectivity index (χ2v) is 14.2. The standard InChI is InChI=1S/C31H42ClN5O6S/c1-34(29(38)12-16-43-2)25-11-15-35(19-25)20-26-5-3-14-37(26)30(39)21-36-13-4-6-28(31(36)40)33-44(41,42)27-10-8-22-17-24(32)9-7-23(22)18-27/h7-10,17-18,25-26,28,33H,3-6,11-16,19-21H2,1-2H3. The molecule has 3 aliphatic heterocycles. The van der Waals surface area contributed by atoms with Crippen LogP contribution in [0.3, 0.4) is 0 Å². The predicted molar refractivity (Wildman–Crippen MR) is 168 cm³/mol. The molecule has 3 fully saturated rings. The molecule has 0 radical (unpaired) electrons. The molecule has 0 spiro atoms. The minimum absolute atomic E-state index is 0.0488. The fourth-order valence-corrected chi connectivity index (χ4v) is 8.03. The van der Waals surface area contributed by atoms with Gasteiger partial charge in [0.25, 0.3) is 0 Å². The van der Waals surface area contributed by atoms with Crippen LogP contribution in [-0.2, 0) is 29.1 Å². The fraction of sp³-hybridized carbons (Fsp3) is 0.581. The van der Waals surface area contributed by atoms with Gasteiger partial charge in [-0.3, -0.25) is 19.3 Å². The highest BCUT2D eigenvalue weighted by Gasteiger charge is 2.37. The third-order valence-electron chi connectivity index (χ3n) is 9.11. The average Bonchev–Trinajstić information content (AvgIpc) is 3.67. The first kappa shape index (κ1) is 32.6. The summed E-state index contributed by atoms with van der Waals surface area (Å²) in [6.07, 6.45) is 4.02. The molecule has 2 aromatic rings. The smallest absolute Gasteiger partial charge is 0.242 e. The molecule has 0 aliphatic carbocycles. The first-order valence-corrected chi connectivity index (χ1v) is 17.2. The summed E-state index contributed by atoms with van der Waals surface area (Å²) in [6, 6.07) is 9.25. The van der Waals surface area contributed by atoms with Crippen molar-refractivity contribution in [3.05, 3.63) is 41.4 Å². The number of ether oxygens (including phenoxy) is 1. The van der Waals surface area contributed by atoms with Crippen LogP contribution in [0.2, 0.25) is 5.02 Å². The first-order chi connectivity index (χ1) is 21.1. The van der Waals surface area contributed by atoms with Crippen LogP contribution in [0, 0.1) is 0 Å². The van der Waals surface area contributed by atoms with Crippen molar-refractivity contribution in [2.24, 2.45) is 0 Å². The SMILES string of the molecule is COCCC(=O)N(C)C1CCN(CC2CCCN2C(=O)CN2CCCC(NS(=O)(=O)c3ccc4cc(Cl)ccc4c3)C2=O)C1. The normalized spacial score (nSPS) is 23.1. The van der Waals surface area contributed by atoms with E-state index in [0.717, 1.165) is 49.7 Å². The number of hydrogen-bond acceptors (Lipinski definition) is 7. The topological polar surface area (TPSA) is 120 Å². The van der Waals surface area contributed by atoms with E-state index in [1.807, 2.05) is 16.8 Å². The molecule has 44 heavy (non-hydrogen) atoms. The van der Waals surface area contributed by atoms with Gasteiger partial charge >= 0.3 is 0 Å². The van der Waals surface area contributed by atoms with Gasteiger partial charge < -0.3 is 19.4 Å². The van der Waals surface area contributed by atoms with Gasteiger partial charge in [-0.05, 0) is 67.1 Å². The number of benzene rings is 2. The first-order valence-electron chi connectivity index (χ1n) is 15.3. The van der Waals surface area contributed by atoms with Crippen LogP contribution in [0.4, 0.5) is 0 Å². The molecule has 0 bridgehead atoms. The van der Waals surface area contributed by atoms with Crippen molar-refractivity contribution < 1.29 is 27.5 Å². The summed E-state index contributed by atoms with van der Waals surface area (Å²) < 4.78 is 34.1. The summed E-state index contributed by atoms with van der Waals surface area (Å²) in [6.45, 7) is 3.76. The second-order valence-electron chi connectivity index (χ2n) is 12.1. The van der Waals surface area contributed by atoms with E-state index in [1.54, 1.807) is 37.4 Å². The van der Waals surface area contributed by atoms with E-state index in [4.69, 9.17) is 16.3 Å². The lowest BCUT2D eigenvalue weighted by Crippen LogP contribution is -2.55. The van der Waals surface area contributed by atoms with Gasteiger partial charge in [0, 0.05) is 64.0 Å². The molecule has 2 aromatic carbocycles. The van der Waals surface area contributed by atoms with Crippen molar-refractivity contribution in [2.45, 2.75) is 61.5 Å². The molecule has 3 unspecified atom stereocenters.